The summed E-state index contributed by atoms with van der Waals surface area (Å²) in [7, 11) is -2.32. The monoisotopic (exact) mass is 502 g/mol. The minimum absolute atomic E-state index is 0.0165. The van der Waals surface area contributed by atoms with Gasteiger partial charge in [0.1, 0.15) is 5.82 Å². The van der Waals surface area contributed by atoms with E-state index in [1.165, 1.54) is 27.5 Å². The van der Waals surface area contributed by atoms with Gasteiger partial charge in [-0.2, -0.15) is 17.5 Å². The molecule has 2 unspecified atom stereocenters. The summed E-state index contributed by atoms with van der Waals surface area (Å²) in [5, 5.41) is 3.23. The van der Waals surface area contributed by atoms with Crippen LogP contribution in [-0.2, 0) is 23.2 Å². The van der Waals surface area contributed by atoms with E-state index in [1.807, 2.05) is 0 Å². The van der Waals surface area contributed by atoms with Crippen LogP contribution in [0, 0.1) is 5.82 Å². The Morgan fingerprint density at radius 1 is 1.15 bits per heavy atom. The standard InChI is InChI=1S/C21H19ClF4N4O2S/c1-29-11-20(27-12-29)33(31,32)30-9-15(14-4-2-3-5-17(14)22)19(10-30)28-13-6-7-18(23)16(8-13)21(24,25)26/h2-8,11-12,15,19,28H,9-10H2,1H3. The van der Waals surface area contributed by atoms with Crippen molar-refractivity contribution in [2.24, 2.45) is 7.05 Å². The summed E-state index contributed by atoms with van der Waals surface area (Å²) < 4.78 is 82.2. The van der Waals surface area contributed by atoms with Crippen molar-refractivity contribution in [2.45, 2.75) is 23.2 Å². The molecule has 0 amide bonds. The SMILES string of the molecule is Cn1cnc(S(=O)(=O)N2CC(Nc3ccc(F)c(C(F)(F)F)c3)C(c3ccccc3Cl)C2)c1. The van der Waals surface area contributed by atoms with E-state index in [2.05, 4.69) is 10.3 Å². The van der Waals surface area contributed by atoms with E-state index in [0.29, 0.717) is 16.7 Å². The molecule has 1 aliphatic rings. The summed E-state index contributed by atoms with van der Waals surface area (Å²) >= 11 is 6.35. The lowest BCUT2D eigenvalue weighted by Crippen LogP contribution is -2.32. The van der Waals surface area contributed by atoms with Crippen molar-refractivity contribution in [3.05, 3.63) is 77.0 Å². The topological polar surface area (TPSA) is 67.2 Å². The fraction of sp³-hybridized carbons (Fsp3) is 0.286. The minimum Gasteiger partial charge on any atom is -0.380 e. The number of halogens is 5. The molecule has 176 valence electrons. The second-order valence-electron chi connectivity index (χ2n) is 7.77. The molecule has 1 aliphatic heterocycles. The van der Waals surface area contributed by atoms with E-state index >= 15 is 0 Å². The second-order valence-corrected chi connectivity index (χ2v) is 10.1. The van der Waals surface area contributed by atoms with Crippen molar-refractivity contribution in [1.82, 2.24) is 13.9 Å². The summed E-state index contributed by atoms with van der Waals surface area (Å²) in [6.07, 6.45) is -2.13. The molecule has 1 N–H and O–H groups in total. The molecule has 4 rings (SSSR count). The highest BCUT2D eigenvalue weighted by atomic mass is 35.5. The maximum atomic E-state index is 13.7. The zero-order chi connectivity index (χ0) is 24.0. The Morgan fingerprint density at radius 3 is 2.52 bits per heavy atom. The Hall–Kier alpha value is -2.63. The number of hydrogen-bond acceptors (Lipinski definition) is 4. The fourth-order valence-electron chi connectivity index (χ4n) is 3.90. The lowest BCUT2D eigenvalue weighted by Gasteiger charge is -2.22. The Balaban J connectivity index is 1.69. The van der Waals surface area contributed by atoms with E-state index in [-0.39, 0.29) is 23.8 Å². The minimum atomic E-state index is -4.87. The first-order valence-corrected chi connectivity index (χ1v) is 11.6. The highest BCUT2D eigenvalue weighted by Gasteiger charge is 2.42. The summed E-state index contributed by atoms with van der Waals surface area (Å²) in [6.45, 7) is -0.0127. The second kappa shape index (κ2) is 8.62. The molecule has 6 nitrogen and oxygen atoms in total. The highest BCUT2D eigenvalue weighted by Crippen LogP contribution is 2.38. The first kappa shape index (κ1) is 23.5. The lowest BCUT2D eigenvalue weighted by atomic mass is 9.94. The number of rotatable bonds is 5. The number of imidazole rings is 1. The first-order valence-electron chi connectivity index (χ1n) is 9.82. The van der Waals surface area contributed by atoms with Gasteiger partial charge in [-0.1, -0.05) is 29.8 Å². The number of aromatic nitrogens is 2. The van der Waals surface area contributed by atoms with Gasteiger partial charge in [0.25, 0.3) is 10.0 Å². The molecular formula is C21H19ClF4N4O2S. The van der Waals surface area contributed by atoms with Crippen LogP contribution in [0.25, 0.3) is 0 Å². The number of aryl methyl sites for hydroxylation is 1. The van der Waals surface area contributed by atoms with Gasteiger partial charge in [0.05, 0.1) is 11.9 Å². The fourth-order valence-corrected chi connectivity index (χ4v) is 5.64. The molecule has 2 aromatic carbocycles. The van der Waals surface area contributed by atoms with Crippen molar-refractivity contribution in [2.75, 3.05) is 18.4 Å². The van der Waals surface area contributed by atoms with Crippen LogP contribution < -0.4 is 5.32 Å². The molecule has 0 bridgehead atoms. The average Bonchev–Trinajstić information content (AvgIpc) is 3.36. The van der Waals surface area contributed by atoms with Crippen LogP contribution in [-0.4, -0.2) is 41.4 Å². The Kier molecular flexibility index (Phi) is 6.14. The summed E-state index contributed by atoms with van der Waals surface area (Å²) in [4.78, 5) is 3.92. The Bertz CT molecular complexity index is 1280. The highest BCUT2D eigenvalue weighted by molar-refractivity contribution is 7.89. The Morgan fingerprint density at radius 2 is 1.88 bits per heavy atom. The zero-order valence-electron chi connectivity index (χ0n) is 17.2. The van der Waals surface area contributed by atoms with E-state index in [0.717, 1.165) is 6.07 Å². The van der Waals surface area contributed by atoms with E-state index in [9.17, 15) is 26.0 Å². The van der Waals surface area contributed by atoms with Crippen LogP contribution in [0.2, 0.25) is 5.02 Å². The molecular weight excluding hydrogens is 484 g/mol. The third-order valence-corrected chi connectivity index (χ3v) is 7.56. The van der Waals surface area contributed by atoms with Crippen molar-refractivity contribution >= 4 is 27.3 Å². The summed E-state index contributed by atoms with van der Waals surface area (Å²) in [6, 6.07) is 8.82. The van der Waals surface area contributed by atoms with E-state index < -0.39 is 39.5 Å². The van der Waals surface area contributed by atoms with Gasteiger partial charge in [-0.15, -0.1) is 0 Å². The number of anilines is 1. The van der Waals surface area contributed by atoms with Crippen LogP contribution in [0.3, 0.4) is 0 Å². The average molecular weight is 503 g/mol. The van der Waals surface area contributed by atoms with Gasteiger partial charge in [-0.25, -0.2) is 17.8 Å². The molecule has 33 heavy (non-hydrogen) atoms. The van der Waals surface area contributed by atoms with Gasteiger partial charge >= 0.3 is 6.18 Å². The van der Waals surface area contributed by atoms with Gasteiger partial charge in [-0.3, -0.25) is 0 Å². The molecule has 1 saturated heterocycles. The molecule has 0 saturated carbocycles. The number of hydrogen-bond donors (Lipinski definition) is 1. The zero-order valence-corrected chi connectivity index (χ0v) is 18.8. The number of sulfonamides is 1. The normalized spacial score (nSPS) is 19.7. The van der Waals surface area contributed by atoms with Gasteiger partial charge < -0.3 is 9.88 Å². The lowest BCUT2D eigenvalue weighted by molar-refractivity contribution is -0.139. The molecule has 0 aliphatic carbocycles. The van der Waals surface area contributed by atoms with Gasteiger partial charge in [0, 0.05) is 49.0 Å². The van der Waals surface area contributed by atoms with Crippen LogP contribution in [0.1, 0.15) is 17.0 Å². The molecule has 1 fully saturated rings. The van der Waals surface area contributed by atoms with E-state index in [4.69, 9.17) is 11.6 Å². The van der Waals surface area contributed by atoms with Crippen LogP contribution in [0.4, 0.5) is 23.2 Å². The Labute approximate surface area is 192 Å². The third-order valence-electron chi connectivity index (χ3n) is 5.50. The maximum absolute atomic E-state index is 13.7. The third kappa shape index (κ3) is 4.71. The molecule has 2 heterocycles. The predicted molar refractivity (Wildman–Crippen MR) is 115 cm³/mol. The van der Waals surface area contributed by atoms with Gasteiger partial charge in [0.2, 0.25) is 0 Å². The van der Waals surface area contributed by atoms with Crippen molar-refractivity contribution in [3.63, 3.8) is 0 Å². The summed E-state index contributed by atoms with van der Waals surface area (Å²) in [5.74, 6) is -1.86. The molecule has 1 aromatic heterocycles. The van der Waals surface area contributed by atoms with Crippen molar-refractivity contribution in [1.29, 1.82) is 0 Å². The molecule has 12 heteroatoms. The number of nitrogens with one attached hydrogen (secondary N) is 1. The predicted octanol–water partition coefficient (Wildman–Crippen LogP) is 4.50. The molecule has 0 radical (unpaired) electrons. The number of alkyl halides is 3. The largest absolute Gasteiger partial charge is 0.419 e. The van der Waals surface area contributed by atoms with Crippen molar-refractivity contribution < 1.29 is 26.0 Å². The van der Waals surface area contributed by atoms with E-state index in [1.54, 1.807) is 31.3 Å². The van der Waals surface area contributed by atoms with Gasteiger partial charge in [-0.05, 0) is 29.8 Å². The van der Waals surface area contributed by atoms with Crippen LogP contribution in [0.5, 0.6) is 0 Å². The van der Waals surface area contributed by atoms with Crippen LogP contribution in [0.15, 0.2) is 60.0 Å². The van der Waals surface area contributed by atoms with Crippen molar-refractivity contribution in [3.8, 4) is 0 Å². The quantitative estimate of drug-likeness (QED) is 0.522. The molecule has 0 spiro atoms. The first-order chi connectivity index (χ1) is 15.5. The maximum Gasteiger partial charge on any atom is 0.419 e. The number of benzene rings is 2. The summed E-state index contributed by atoms with van der Waals surface area (Å²) in [5.41, 5.74) is -0.742. The van der Waals surface area contributed by atoms with Crippen LogP contribution >= 0.6 is 11.6 Å². The smallest absolute Gasteiger partial charge is 0.380 e. The molecule has 2 atom stereocenters. The van der Waals surface area contributed by atoms with Gasteiger partial charge in [0.15, 0.2) is 5.03 Å². The molecule has 3 aromatic rings. The number of nitrogens with zero attached hydrogens (tertiary/aromatic N) is 3.